The summed E-state index contributed by atoms with van der Waals surface area (Å²) in [5, 5.41) is 0. The second-order valence-corrected chi connectivity index (χ2v) is 6.92. The number of likely N-dealkylation sites (tertiary alicyclic amines) is 1. The minimum absolute atomic E-state index is 0.226. The van der Waals surface area contributed by atoms with Gasteiger partial charge in [-0.3, -0.25) is 4.79 Å². The fourth-order valence-electron chi connectivity index (χ4n) is 3.72. The van der Waals surface area contributed by atoms with E-state index in [0.717, 1.165) is 49.2 Å². The third-order valence-corrected chi connectivity index (χ3v) is 5.17. The molecule has 0 unspecified atom stereocenters. The second-order valence-electron chi connectivity index (χ2n) is 6.92. The van der Waals surface area contributed by atoms with Gasteiger partial charge in [-0.1, -0.05) is 0 Å². The van der Waals surface area contributed by atoms with Crippen molar-refractivity contribution < 1.29 is 9.18 Å². The Hall–Kier alpha value is -1.91. The standard InChI is InChI=1S/C18H22FN3O/c1-12-20-16-5-4-14(19)11-17(16)22(12)15-6-8-21(9-7-15)18(23)10-13-2-3-13/h4-5,11,13,15H,2-3,6-10H2,1H3. The van der Waals surface area contributed by atoms with E-state index in [1.165, 1.54) is 18.9 Å². The normalized spacial score (nSPS) is 19.5. The number of amides is 1. The molecule has 0 spiro atoms. The van der Waals surface area contributed by atoms with Crippen LogP contribution in [0.25, 0.3) is 11.0 Å². The SMILES string of the molecule is Cc1nc2ccc(F)cc2n1C1CCN(C(=O)CC2CC2)CC1. The Bertz CT molecular complexity index is 742. The van der Waals surface area contributed by atoms with Gasteiger partial charge in [0.05, 0.1) is 11.0 Å². The third kappa shape index (κ3) is 2.84. The molecule has 5 heteroatoms. The highest BCUT2D eigenvalue weighted by atomic mass is 19.1. The van der Waals surface area contributed by atoms with Gasteiger partial charge in [-0.15, -0.1) is 0 Å². The zero-order valence-corrected chi connectivity index (χ0v) is 13.5. The molecule has 1 amide bonds. The fraction of sp³-hybridized carbons (Fsp3) is 0.556. The van der Waals surface area contributed by atoms with Crippen LogP contribution in [0.15, 0.2) is 18.2 Å². The predicted octanol–water partition coefficient (Wildman–Crippen LogP) is 3.45. The Balaban J connectivity index is 1.50. The Labute approximate surface area is 135 Å². The lowest BCUT2D eigenvalue weighted by molar-refractivity contribution is -0.132. The first-order valence-electron chi connectivity index (χ1n) is 8.53. The first kappa shape index (κ1) is 14.7. The Morgan fingerprint density at radius 3 is 2.70 bits per heavy atom. The minimum Gasteiger partial charge on any atom is -0.343 e. The Kier molecular flexibility index (Phi) is 3.58. The van der Waals surface area contributed by atoms with E-state index in [1.54, 1.807) is 12.1 Å². The van der Waals surface area contributed by atoms with Crippen LogP contribution < -0.4 is 0 Å². The molecule has 1 aromatic carbocycles. The number of hydrogen-bond acceptors (Lipinski definition) is 2. The predicted molar refractivity (Wildman–Crippen MR) is 86.6 cm³/mol. The highest BCUT2D eigenvalue weighted by molar-refractivity contribution is 5.77. The quantitative estimate of drug-likeness (QED) is 0.870. The molecule has 1 saturated heterocycles. The van der Waals surface area contributed by atoms with Crippen LogP contribution in [-0.4, -0.2) is 33.4 Å². The molecule has 1 aliphatic heterocycles. The molecule has 122 valence electrons. The molecule has 2 aliphatic rings. The van der Waals surface area contributed by atoms with Gasteiger partial charge in [0.15, 0.2) is 0 Å². The van der Waals surface area contributed by atoms with Gasteiger partial charge in [0.25, 0.3) is 0 Å². The maximum Gasteiger partial charge on any atom is 0.222 e. The molecule has 2 heterocycles. The van der Waals surface area contributed by atoms with Crippen molar-refractivity contribution in [1.29, 1.82) is 0 Å². The van der Waals surface area contributed by atoms with Gasteiger partial charge in [0.1, 0.15) is 11.6 Å². The smallest absolute Gasteiger partial charge is 0.222 e. The molecule has 1 aromatic heterocycles. The monoisotopic (exact) mass is 315 g/mol. The number of carbonyl (C=O) groups is 1. The number of halogens is 1. The molecule has 1 saturated carbocycles. The minimum atomic E-state index is -0.226. The highest BCUT2D eigenvalue weighted by Crippen LogP contribution is 2.34. The van der Waals surface area contributed by atoms with E-state index < -0.39 is 0 Å². The van der Waals surface area contributed by atoms with Crippen LogP contribution in [0.5, 0.6) is 0 Å². The topological polar surface area (TPSA) is 38.1 Å². The van der Waals surface area contributed by atoms with Crippen LogP contribution in [0.3, 0.4) is 0 Å². The first-order chi connectivity index (χ1) is 11.1. The highest BCUT2D eigenvalue weighted by Gasteiger charge is 2.30. The number of aryl methyl sites for hydroxylation is 1. The molecule has 4 rings (SSSR count). The average molecular weight is 315 g/mol. The number of nitrogens with zero attached hydrogens (tertiary/aromatic N) is 3. The van der Waals surface area contributed by atoms with E-state index >= 15 is 0 Å². The van der Waals surface area contributed by atoms with Gasteiger partial charge in [0, 0.05) is 25.6 Å². The average Bonchev–Trinajstić information content (AvgIpc) is 3.28. The lowest BCUT2D eigenvalue weighted by Gasteiger charge is -2.33. The number of imidazole rings is 1. The van der Waals surface area contributed by atoms with E-state index in [1.807, 2.05) is 11.8 Å². The van der Waals surface area contributed by atoms with E-state index in [4.69, 9.17) is 0 Å². The van der Waals surface area contributed by atoms with E-state index in [-0.39, 0.29) is 5.82 Å². The van der Waals surface area contributed by atoms with Gasteiger partial charge in [-0.2, -0.15) is 0 Å². The summed E-state index contributed by atoms with van der Waals surface area (Å²) in [7, 11) is 0. The van der Waals surface area contributed by atoms with Crippen molar-refractivity contribution in [3.05, 3.63) is 29.8 Å². The second kappa shape index (κ2) is 5.62. The summed E-state index contributed by atoms with van der Waals surface area (Å²) in [4.78, 5) is 18.8. The summed E-state index contributed by atoms with van der Waals surface area (Å²) >= 11 is 0. The number of carbonyl (C=O) groups excluding carboxylic acids is 1. The maximum atomic E-state index is 13.6. The van der Waals surface area contributed by atoms with Crippen LogP contribution in [0.4, 0.5) is 4.39 Å². The molecule has 0 radical (unpaired) electrons. The van der Waals surface area contributed by atoms with E-state index in [2.05, 4.69) is 9.55 Å². The number of aromatic nitrogens is 2. The first-order valence-corrected chi connectivity index (χ1v) is 8.53. The van der Waals surface area contributed by atoms with Gasteiger partial charge in [-0.25, -0.2) is 9.37 Å². The molecular weight excluding hydrogens is 293 g/mol. The lowest BCUT2D eigenvalue weighted by Crippen LogP contribution is -2.39. The number of fused-ring (bicyclic) bond motifs is 1. The largest absolute Gasteiger partial charge is 0.343 e. The van der Waals surface area contributed by atoms with Crippen LogP contribution in [0, 0.1) is 18.7 Å². The molecule has 0 N–H and O–H groups in total. The molecule has 0 atom stereocenters. The van der Waals surface area contributed by atoms with E-state index in [9.17, 15) is 9.18 Å². The Morgan fingerprint density at radius 1 is 1.26 bits per heavy atom. The van der Waals surface area contributed by atoms with Crippen molar-refractivity contribution >= 4 is 16.9 Å². The van der Waals surface area contributed by atoms with Crippen LogP contribution in [-0.2, 0) is 4.79 Å². The molecule has 4 nitrogen and oxygen atoms in total. The van der Waals surface area contributed by atoms with Crippen LogP contribution in [0.1, 0.15) is 44.0 Å². The number of benzene rings is 1. The lowest BCUT2D eigenvalue weighted by atomic mass is 10.0. The molecular formula is C18H22FN3O. The number of hydrogen-bond donors (Lipinski definition) is 0. The molecule has 1 aliphatic carbocycles. The summed E-state index contributed by atoms with van der Waals surface area (Å²) in [6.07, 6.45) is 4.99. The zero-order valence-electron chi connectivity index (χ0n) is 13.5. The summed E-state index contributed by atoms with van der Waals surface area (Å²) in [5.74, 6) is 1.65. The van der Waals surface area contributed by atoms with Crippen molar-refractivity contribution in [1.82, 2.24) is 14.5 Å². The van der Waals surface area contributed by atoms with Crippen molar-refractivity contribution in [3.8, 4) is 0 Å². The van der Waals surface area contributed by atoms with Crippen LogP contribution >= 0.6 is 0 Å². The fourth-order valence-corrected chi connectivity index (χ4v) is 3.72. The van der Waals surface area contributed by atoms with Crippen molar-refractivity contribution in [2.24, 2.45) is 5.92 Å². The molecule has 2 aromatic rings. The molecule has 0 bridgehead atoms. The van der Waals surface area contributed by atoms with Crippen molar-refractivity contribution in [3.63, 3.8) is 0 Å². The summed E-state index contributed by atoms with van der Waals surface area (Å²) in [6, 6.07) is 5.06. The van der Waals surface area contributed by atoms with Gasteiger partial charge in [-0.05, 0) is 56.7 Å². The van der Waals surface area contributed by atoms with Gasteiger partial charge < -0.3 is 9.47 Å². The number of rotatable bonds is 3. The third-order valence-electron chi connectivity index (χ3n) is 5.17. The van der Waals surface area contributed by atoms with Gasteiger partial charge >= 0.3 is 0 Å². The molecule has 23 heavy (non-hydrogen) atoms. The van der Waals surface area contributed by atoms with E-state index in [0.29, 0.717) is 17.9 Å². The molecule has 2 fully saturated rings. The summed E-state index contributed by atoms with van der Waals surface area (Å²) in [6.45, 7) is 3.57. The zero-order chi connectivity index (χ0) is 16.0. The van der Waals surface area contributed by atoms with Gasteiger partial charge in [0.2, 0.25) is 5.91 Å². The summed E-state index contributed by atoms with van der Waals surface area (Å²) in [5.41, 5.74) is 1.71. The Morgan fingerprint density at radius 2 is 2.00 bits per heavy atom. The summed E-state index contributed by atoms with van der Waals surface area (Å²) < 4.78 is 15.7. The van der Waals surface area contributed by atoms with Crippen molar-refractivity contribution in [2.45, 2.75) is 45.1 Å². The van der Waals surface area contributed by atoms with Crippen LogP contribution in [0.2, 0.25) is 0 Å². The number of piperidine rings is 1. The van der Waals surface area contributed by atoms with Crippen molar-refractivity contribution in [2.75, 3.05) is 13.1 Å². The maximum absolute atomic E-state index is 13.6.